The third kappa shape index (κ3) is 6.18. The van der Waals surface area contributed by atoms with Crippen LogP contribution in [-0.4, -0.2) is 25.4 Å². The summed E-state index contributed by atoms with van der Waals surface area (Å²) < 4.78 is 36.9. The summed E-state index contributed by atoms with van der Waals surface area (Å²) in [4.78, 5) is 25.7. The third-order valence-electron chi connectivity index (χ3n) is 6.41. The summed E-state index contributed by atoms with van der Waals surface area (Å²) in [5.41, 5.74) is 2.48. The fraction of sp³-hybridized carbons (Fsp3) is 0.161. The second-order valence-corrected chi connectivity index (χ2v) is 12.7. The normalized spacial score (nSPS) is 11.5. The van der Waals surface area contributed by atoms with Gasteiger partial charge in [0.05, 0.1) is 20.8 Å². The maximum atomic E-state index is 13.8. The van der Waals surface area contributed by atoms with Gasteiger partial charge in [-0.2, -0.15) is 0 Å². The van der Waals surface area contributed by atoms with E-state index < -0.39 is 22.5 Å². The molecule has 41 heavy (non-hydrogen) atoms. The number of carbonyl (C=O) groups is 1. The Hall–Kier alpha value is -4.41. The number of hydrogen-bond acceptors (Lipinski definition) is 6. The number of anilines is 2. The number of para-hydroxylation sites is 1. The molecule has 0 spiro atoms. The molecule has 8 nitrogen and oxygen atoms in total. The number of amides is 1. The standard InChI is InChI=1S/C31H29N3O5S2/c1-21(2)34-28-18-11-23(19-29(28)40-31(34)36)32-30(35)20-33(41(37,38)27-16-9-22(3)10-17-27)24-12-14-26(15-13-24)39-25-7-5-4-6-8-25/h4-19,21H,20H2,1-3H3,(H,32,35). The quantitative estimate of drug-likeness (QED) is 0.210. The fourth-order valence-corrected chi connectivity index (χ4v) is 6.87. The Morgan fingerprint density at radius 1 is 0.927 bits per heavy atom. The number of hydrogen-bond donors (Lipinski definition) is 1. The summed E-state index contributed by atoms with van der Waals surface area (Å²) in [7, 11) is -4.09. The van der Waals surface area contributed by atoms with Crippen LogP contribution in [0.15, 0.2) is 107 Å². The van der Waals surface area contributed by atoms with Crippen LogP contribution in [0.1, 0.15) is 25.5 Å². The Balaban J connectivity index is 1.43. The van der Waals surface area contributed by atoms with Crippen LogP contribution in [0.2, 0.25) is 0 Å². The van der Waals surface area contributed by atoms with Gasteiger partial charge in [0, 0.05) is 11.7 Å². The maximum Gasteiger partial charge on any atom is 0.308 e. The molecule has 1 aromatic heterocycles. The van der Waals surface area contributed by atoms with Gasteiger partial charge in [-0.25, -0.2) is 8.42 Å². The molecule has 0 unspecified atom stereocenters. The van der Waals surface area contributed by atoms with E-state index in [-0.39, 0.29) is 15.8 Å². The molecule has 1 N–H and O–H groups in total. The van der Waals surface area contributed by atoms with E-state index in [0.29, 0.717) is 22.9 Å². The van der Waals surface area contributed by atoms with Crippen molar-refractivity contribution in [1.29, 1.82) is 0 Å². The number of carbonyl (C=O) groups excluding carboxylic acids is 1. The highest BCUT2D eigenvalue weighted by molar-refractivity contribution is 7.92. The number of ether oxygens (including phenoxy) is 1. The van der Waals surface area contributed by atoms with E-state index in [2.05, 4.69) is 5.32 Å². The number of aryl methyl sites for hydroxylation is 1. The number of nitrogens with one attached hydrogen (secondary N) is 1. The Kier molecular flexibility index (Phi) is 7.96. The van der Waals surface area contributed by atoms with Gasteiger partial charge >= 0.3 is 4.87 Å². The van der Waals surface area contributed by atoms with Crippen LogP contribution in [0.3, 0.4) is 0 Å². The zero-order valence-electron chi connectivity index (χ0n) is 22.8. The molecule has 0 atom stereocenters. The molecule has 1 amide bonds. The van der Waals surface area contributed by atoms with Gasteiger partial charge in [-0.05, 0) is 87.5 Å². The van der Waals surface area contributed by atoms with Crippen LogP contribution < -0.4 is 19.2 Å². The van der Waals surface area contributed by atoms with E-state index >= 15 is 0 Å². The van der Waals surface area contributed by atoms with Gasteiger partial charge in [0.1, 0.15) is 18.0 Å². The van der Waals surface area contributed by atoms with Crippen molar-refractivity contribution in [1.82, 2.24) is 4.57 Å². The van der Waals surface area contributed by atoms with Crippen molar-refractivity contribution in [3.63, 3.8) is 0 Å². The first-order valence-electron chi connectivity index (χ1n) is 13.0. The Morgan fingerprint density at radius 2 is 1.59 bits per heavy atom. The molecule has 0 saturated heterocycles. The second kappa shape index (κ2) is 11.6. The summed E-state index contributed by atoms with van der Waals surface area (Å²) in [6, 6.07) is 27.5. The van der Waals surface area contributed by atoms with Crippen LogP contribution in [0.4, 0.5) is 11.4 Å². The zero-order chi connectivity index (χ0) is 29.1. The number of aromatic nitrogens is 1. The molecule has 0 aliphatic heterocycles. The topological polar surface area (TPSA) is 97.7 Å². The molecule has 0 saturated carbocycles. The molecule has 0 bridgehead atoms. The van der Waals surface area contributed by atoms with E-state index in [9.17, 15) is 18.0 Å². The third-order valence-corrected chi connectivity index (χ3v) is 9.12. The average molecular weight is 588 g/mol. The monoisotopic (exact) mass is 587 g/mol. The molecule has 210 valence electrons. The Bertz CT molecular complexity index is 1840. The van der Waals surface area contributed by atoms with Crippen molar-refractivity contribution in [2.24, 2.45) is 0 Å². The average Bonchev–Trinajstić information content (AvgIpc) is 3.28. The Morgan fingerprint density at radius 3 is 2.24 bits per heavy atom. The number of thiazole rings is 1. The van der Waals surface area contributed by atoms with Crippen LogP contribution >= 0.6 is 11.3 Å². The lowest BCUT2D eigenvalue weighted by atomic mass is 10.2. The molecule has 0 radical (unpaired) electrons. The largest absolute Gasteiger partial charge is 0.457 e. The summed E-state index contributed by atoms with van der Waals surface area (Å²) in [5, 5.41) is 2.79. The number of benzene rings is 4. The molecule has 1 heterocycles. The van der Waals surface area contributed by atoms with Crippen molar-refractivity contribution in [3.05, 3.63) is 112 Å². The van der Waals surface area contributed by atoms with Crippen molar-refractivity contribution >= 4 is 48.9 Å². The number of rotatable bonds is 9. The van der Waals surface area contributed by atoms with E-state index in [0.717, 1.165) is 31.4 Å². The minimum Gasteiger partial charge on any atom is -0.457 e. The van der Waals surface area contributed by atoms with E-state index in [1.54, 1.807) is 59.2 Å². The maximum absolute atomic E-state index is 13.8. The molecule has 0 aliphatic carbocycles. The van der Waals surface area contributed by atoms with Crippen LogP contribution in [0.5, 0.6) is 11.5 Å². The van der Waals surface area contributed by atoms with Gasteiger partial charge in [-0.15, -0.1) is 0 Å². The van der Waals surface area contributed by atoms with Gasteiger partial charge in [-0.3, -0.25) is 18.5 Å². The summed E-state index contributed by atoms with van der Waals surface area (Å²) in [6.07, 6.45) is 0. The number of fused-ring (bicyclic) bond motifs is 1. The predicted molar refractivity (Wildman–Crippen MR) is 164 cm³/mol. The summed E-state index contributed by atoms with van der Waals surface area (Å²) >= 11 is 1.10. The SMILES string of the molecule is Cc1ccc(S(=O)(=O)N(CC(=O)Nc2ccc3c(c2)sc(=O)n3C(C)C)c2ccc(Oc3ccccc3)cc2)cc1. The van der Waals surface area contributed by atoms with Gasteiger partial charge < -0.3 is 10.1 Å². The molecule has 5 aromatic rings. The first kappa shape index (κ1) is 28.1. The van der Waals surface area contributed by atoms with Crippen LogP contribution in [-0.2, 0) is 14.8 Å². The highest BCUT2D eigenvalue weighted by Crippen LogP contribution is 2.29. The second-order valence-electron chi connectivity index (χ2n) is 9.80. The number of nitrogens with zero attached hydrogens (tertiary/aromatic N) is 2. The minimum absolute atomic E-state index is 0.00158. The lowest BCUT2D eigenvalue weighted by molar-refractivity contribution is -0.114. The minimum atomic E-state index is -4.09. The zero-order valence-corrected chi connectivity index (χ0v) is 24.4. The molecule has 5 rings (SSSR count). The van der Waals surface area contributed by atoms with Gasteiger partial charge in [0.2, 0.25) is 5.91 Å². The van der Waals surface area contributed by atoms with Crippen molar-refractivity contribution in [2.45, 2.75) is 31.7 Å². The molecular weight excluding hydrogens is 558 g/mol. The molecule has 4 aromatic carbocycles. The molecular formula is C31H29N3O5S2. The van der Waals surface area contributed by atoms with Gasteiger partial charge in [0.25, 0.3) is 10.0 Å². The smallest absolute Gasteiger partial charge is 0.308 e. The van der Waals surface area contributed by atoms with E-state index in [1.165, 1.54) is 12.1 Å². The summed E-state index contributed by atoms with van der Waals surface area (Å²) in [5.74, 6) is 0.646. The highest BCUT2D eigenvalue weighted by Gasteiger charge is 2.27. The molecule has 10 heteroatoms. The van der Waals surface area contributed by atoms with Crippen molar-refractivity contribution < 1.29 is 17.9 Å². The molecule has 0 fully saturated rings. The van der Waals surface area contributed by atoms with Crippen LogP contribution in [0, 0.1) is 6.92 Å². The van der Waals surface area contributed by atoms with Gasteiger partial charge in [0.15, 0.2) is 0 Å². The summed E-state index contributed by atoms with van der Waals surface area (Å²) in [6.45, 7) is 5.28. The predicted octanol–water partition coefficient (Wildman–Crippen LogP) is 6.58. The first-order chi connectivity index (χ1) is 19.6. The van der Waals surface area contributed by atoms with Crippen molar-refractivity contribution in [3.8, 4) is 11.5 Å². The Labute approximate surface area is 242 Å². The fourth-order valence-electron chi connectivity index (χ4n) is 4.39. The van der Waals surface area contributed by atoms with Crippen LogP contribution in [0.25, 0.3) is 10.2 Å². The lowest BCUT2D eigenvalue weighted by Gasteiger charge is -2.24. The van der Waals surface area contributed by atoms with E-state index in [1.807, 2.05) is 51.1 Å². The van der Waals surface area contributed by atoms with Crippen molar-refractivity contribution in [2.75, 3.05) is 16.2 Å². The first-order valence-corrected chi connectivity index (χ1v) is 15.2. The van der Waals surface area contributed by atoms with Gasteiger partial charge in [-0.1, -0.05) is 47.2 Å². The number of sulfonamides is 1. The molecule has 0 aliphatic rings. The highest BCUT2D eigenvalue weighted by atomic mass is 32.2. The lowest BCUT2D eigenvalue weighted by Crippen LogP contribution is -2.38. The van der Waals surface area contributed by atoms with E-state index in [4.69, 9.17) is 4.74 Å².